The Kier molecular flexibility index (Phi) is 6.74. The van der Waals surface area contributed by atoms with Crippen LogP contribution < -0.4 is 15.4 Å². The molecule has 31 heavy (non-hydrogen) atoms. The van der Waals surface area contributed by atoms with E-state index in [1.165, 1.54) is 13.3 Å². The van der Waals surface area contributed by atoms with Gasteiger partial charge in [-0.05, 0) is 25.1 Å². The fourth-order valence-corrected chi connectivity index (χ4v) is 2.90. The molecule has 0 aliphatic heterocycles. The molecule has 3 aromatic heterocycles. The number of pyridine rings is 3. The second kappa shape index (κ2) is 9.46. The number of urea groups is 1. The molecular weight excluding hydrogens is 434 g/mol. The molecule has 12 heteroatoms. The molecule has 0 fully saturated rings. The topological polar surface area (TPSA) is 122 Å². The van der Waals surface area contributed by atoms with Crippen LogP contribution >= 0.6 is 11.6 Å². The number of hydrogen-bond acceptors (Lipinski definition) is 7. The maximum Gasteiger partial charge on any atom is 0.388 e. The third-order valence-electron chi connectivity index (χ3n) is 4.16. The zero-order chi connectivity index (χ0) is 22.5. The number of carbonyl (C=O) groups excluding carboxylic acids is 1. The molecule has 0 radical (unpaired) electrons. The van der Waals surface area contributed by atoms with Gasteiger partial charge in [0.1, 0.15) is 16.8 Å². The van der Waals surface area contributed by atoms with Crippen LogP contribution in [0.25, 0.3) is 11.0 Å². The molecule has 1 atom stereocenters. The van der Waals surface area contributed by atoms with Crippen molar-refractivity contribution in [1.82, 2.24) is 15.0 Å². The van der Waals surface area contributed by atoms with Crippen molar-refractivity contribution >= 4 is 40.0 Å². The highest BCUT2D eigenvalue weighted by molar-refractivity contribution is 6.29. The van der Waals surface area contributed by atoms with Crippen molar-refractivity contribution in [3.05, 3.63) is 46.9 Å². The average molecular weight is 449 g/mol. The van der Waals surface area contributed by atoms with Crippen molar-refractivity contribution in [3.8, 4) is 11.9 Å². The average Bonchev–Trinajstić information content (AvgIpc) is 2.73. The van der Waals surface area contributed by atoms with E-state index in [2.05, 4.69) is 30.3 Å². The molecule has 3 aromatic rings. The number of carbonyl (C=O) groups is 1. The van der Waals surface area contributed by atoms with E-state index in [1.807, 2.05) is 0 Å². The summed E-state index contributed by atoms with van der Waals surface area (Å²) in [5, 5.41) is 14.4. The molecule has 0 saturated heterocycles. The maximum atomic E-state index is 12.5. The summed E-state index contributed by atoms with van der Waals surface area (Å²) in [4.78, 5) is 24.7. The molecule has 2 amide bonds. The van der Waals surface area contributed by atoms with Gasteiger partial charge in [0, 0.05) is 12.7 Å². The number of alkyl halides is 2. The Bertz CT molecular complexity index is 1170. The van der Waals surface area contributed by atoms with Gasteiger partial charge in [0.05, 0.1) is 40.9 Å². The van der Waals surface area contributed by atoms with E-state index in [0.29, 0.717) is 22.3 Å². The highest BCUT2D eigenvalue weighted by Gasteiger charge is 2.19. The Morgan fingerprint density at radius 2 is 2.03 bits per heavy atom. The molecular formula is C19H15ClF2N6O3. The number of aromatic nitrogens is 3. The lowest BCUT2D eigenvalue weighted by atomic mass is 10.1. The minimum Gasteiger partial charge on any atom is -0.415 e. The zero-order valence-corrected chi connectivity index (χ0v) is 16.9. The first-order chi connectivity index (χ1) is 14.8. The number of halogens is 3. The first-order valence-electron chi connectivity index (χ1n) is 8.73. The number of fused-ring (bicyclic) bond motifs is 1. The van der Waals surface area contributed by atoms with Gasteiger partial charge < -0.3 is 20.1 Å². The van der Waals surface area contributed by atoms with Crippen molar-refractivity contribution < 1.29 is 23.0 Å². The molecule has 3 heterocycles. The van der Waals surface area contributed by atoms with Crippen molar-refractivity contribution in [1.29, 1.82) is 5.26 Å². The van der Waals surface area contributed by atoms with Crippen LogP contribution in [0.15, 0.2) is 30.6 Å². The van der Waals surface area contributed by atoms with Crippen LogP contribution in [-0.4, -0.2) is 34.7 Å². The molecule has 0 aliphatic carbocycles. The summed E-state index contributed by atoms with van der Waals surface area (Å²) in [6.07, 6.45) is 2.07. The first kappa shape index (κ1) is 22.1. The van der Waals surface area contributed by atoms with Crippen LogP contribution in [0, 0.1) is 11.3 Å². The number of nitrogens with one attached hydrogen (secondary N) is 2. The number of nitrogens with zero attached hydrogens (tertiary/aromatic N) is 4. The maximum absolute atomic E-state index is 12.5. The van der Waals surface area contributed by atoms with E-state index < -0.39 is 24.6 Å². The van der Waals surface area contributed by atoms with Crippen LogP contribution in [0.4, 0.5) is 25.0 Å². The van der Waals surface area contributed by atoms with Crippen molar-refractivity contribution in [2.45, 2.75) is 19.6 Å². The second-order valence-corrected chi connectivity index (χ2v) is 6.50. The van der Waals surface area contributed by atoms with Gasteiger partial charge in [0.15, 0.2) is 0 Å². The van der Waals surface area contributed by atoms with Crippen molar-refractivity contribution in [3.63, 3.8) is 0 Å². The second-order valence-electron chi connectivity index (χ2n) is 6.11. The van der Waals surface area contributed by atoms with Crippen LogP contribution in [-0.2, 0) is 4.74 Å². The molecule has 9 nitrogen and oxygen atoms in total. The van der Waals surface area contributed by atoms with E-state index in [0.717, 1.165) is 12.3 Å². The number of nitriles is 1. The highest BCUT2D eigenvalue weighted by atomic mass is 35.5. The molecule has 0 unspecified atom stereocenters. The Hall–Kier alpha value is -3.62. The minimum atomic E-state index is -3.13. The Morgan fingerprint density at radius 1 is 1.26 bits per heavy atom. The smallest absolute Gasteiger partial charge is 0.388 e. The van der Waals surface area contributed by atoms with Crippen LogP contribution in [0.1, 0.15) is 24.2 Å². The van der Waals surface area contributed by atoms with Gasteiger partial charge in [-0.25, -0.2) is 14.8 Å². The Morgan fingerprint density at radius 3 is 2.71 bits per heavy atom. The highest BCUT2D eigenvalue weighted by Crippen LogP contribution is 2.31. The van der Waals surface area contributed by atoms with E-state index in [4.69, 9.17) is 21.6 Å². The summed E-state index contributed by atoms with van der Waals surface area (Å²) in [7, 11) is 1.50. The molecule has 0 spiro atoms. The van der Waals surface area contributed by atoms with Crippen LogP contribution in [0.3, 0.4) is 0 Å². The number of rotatable bonds is 6. The fraction of sp³-hybridized carbons (Fsp3) is 0.211. The normalized spacial score (nSPS) is 11.8. The van der Waals surface area contributed by atoms with Gasteiger partial charge in [-0.2, -0.15) is 14.0 Å². The Balaban J connectivity index is 1.88. The standard InChI is InChI=1S/C19H15ClF2N6O3/c1-9(30-2)15-13(8-24-12-3-4-14(20)28-16(12)15)27-19(29)26-11-5-10(6-23)17(25-7-11)31-18(21)22/h3-5,7-9,18H,1-2H3,(H2,26,27,29)/t9-/m0/s1. The van der Waals surface area contributed by atoms with Crippen LogP contribution in [0.5, 0.6) is 5.88 Å². The SMILES string of the molecule is CO[C@@H](C)c1c(NC(=O)Nc2cnc(OC(F)F)c(C#N)c2)cnc2ccc(Cl)nc12. The number of amides is 2. The van der Waals surface area contributed by atoms with Crippen molar-refractivity contribution in [2.75, 3.05) is 17.7 Å². The van der Waals surface area contributed by atoms with Gasteiger partial charge >= 0.3 is 12.6 Å². The molecule has 2 N–H and O–H groups in total. The minimum absolute atomic E-state index is 0.0897. The van der Waals surface area contributed by atoms with Crippen LogP contribution in [0.2, 0.25) is 5.15 Å². The summed E-state index contributed by atoms with van der Waals surface area (Å²) in [5.74, 6) is -0.540. The largest absolute Gasteiger partial charge is 0.415 e. The summed E-state index contributed by atoms with van der Waals surface area (Å²) in [6, 6.07) is 5.43. The molecule has 0 bridgehead atoms. The van der Waals surface area contributed by atoms with E-state index in [9.17, 15) is 13.6 Å². The van der Waals surface area contributed by atoms with E-state index in [-0.39, 0.29) is 16.4 Å². The molecule has 0 aromatic carbocycles. The number of ether oxygens (including phenoxy) is 2. The van der Waals surface area contributed by atoms with E-state index in [1.54, 1.807) is 25.1 Å². The third kappa shape index (κ3) is 5.11. The number of hydrogen-bond donors (Lipinski definition) is 2. The molecule has 160 valence electrons. The summed E-state index contributed by atoms with van der Waals surface area (Å²) in [6.45, 7) is -1.36. The number of methoxy groups -OCH3 is 1. The lowest BCUT2D eigenvalue weighted by molar-refractivity contribution is -0.0530. The quantitative estimate of drug-likeness (QED) is 0.532. The molecule has 3 rings (SSSR count). The number of anilines is 2. The van der Waals surface area contributed by atoms with Gasteiger partial charge in [-0.1, -0.05) is 11.6 Å². The third-order valence-corrected chi connectivity index (χ3v) is 4.37. The fourth-order valence-electron chi connectivity index (χ4n) is 2.75. The Labute approximate surface area is 180 Å². The summed E-state index contributed by atoms with van der Waals surface area (Å²) < 4.78 is 34.3. The predicted molar refractivity (Wildman–Crippen MR) is 108 cm³/mol. The van der Waals surface area contributed by atoms with Gasteiger partial charge in [-0.3, -0.25) is 4.98 Å². The van der Waals surface area contributed by atoms with Gasteiger partial charge in [0.2, 0.25) is 5.88 Å². The van der Waals surface area contributed by atoms with Gasteiger partial charge in [-0.15, -0.1) is 0 Å². The summed E-state index contributed by atoms with van der Waals surface area (Å²) in [5.41, 5.74) is 1.72. The lowest BCUT2D eigenvalue weighted by Gasteiger charge is -2.18. The van der Waals surface area contributed by atoms with E-state index >= 15 is 0 Å². The predicted octanol–water partition coefficient (Wildman–Crippen LogP) is 4.50. The zero-order valence-electron chi connectivity index (χ0n) is 16.2. The monoisotopic (exact) mass is 448 g/mol. The summed E-state index contributed by atoms with van der Waals surface area (Å²) >= 11 is 6.01. The first-order valence-corrected chi connectivity index (χ1v) is 9.11. The van der Waals surface area contributed by atoms with Crippen molar-refractivity contribution in [2.24, 2.45) is 0 Å². The lowest BCUT2D eigenvalue weighted by Crippen LogP contribution is -2.21. The molecule has 0 saturated carbocycles. The van der Waals surface area contributed by atoms with Gasteiger partial charge in [0.25, 0.3) is 0 Å². The molecule has 0 aliphatic rings.